The zero-order valence-corrected chi connectivity index (χ0v) is 16.7. The van der Waals surface area contributed by atoms with E-state index in [1.54, 1.807) is 48.5 Å². The number of carbonyl (C=O) groups is 2. The average Bonchev–Trinajstić information content (AvgIpc) is 2.69. The Labute approximate surface area is 169 Å². The van der Waals surface area contributed by atoms with Gasteiger partial charge in [-0.2, -0.15) is 0 Å². The Balaban J connectivity index is 2.09. The molecule has 0 aliphatic heterocycles. The first kappa shape index (κ1) is 22.3. The van der Waals surface area contributed by atoms with E-state index >= 15 is 0 Å². The number of rotatable bonds is 7. The predicted molar refractivity (Wildman–Crippen MR) is 110 cm³/mol. The number of ketones is 1. The molecular formula is C21H22N2O5S. The van der Waals surface area contributed by atoms with Crippen molar-refractivity contribution in [3.8, 4) is 11.8 Å². The van der Waals surface area contributed by atoms with Gasteiger partial charge in [-0.15, -0.1) is 0 Å². The molecule has 0 radical (unpaired) electrons. The van der Waals surface area contributed by atoms with Crippen LogP contribution in [0, 0.1) is 11.8 Å². The van der Waals surface area contributed by atoms with Crippen LogP contribution in [0.2, 0.25) is 0 Å². The average molecular weight is 414 g/mol. The highest BCUT2D eigenvalue weighted by Gasteiger charge is 2.18. The molecule has 0 heterocycles. The molecule has 0 unspecified atom stereocenters. The molecule has 0 aromatic heterocycles. The lowest BCUT2D eigenvalue weighted by atomic mass is 10.1. The molecule has 7 nitrogen and oxygen atoms in total. The van der Waals surface area contributed by atoms with Crippen LogP contribution in [0.25, 0.3) is 0 Å². The van der Waals surface area contributed by atoms with Gasteiger partial charge >= 0.3 is 0 Å². The maximum atomic E-state index is 12.2. The first-order valence-electron chi connectivity index (χ1n) is 8.75. The second-order valence-corrected chi connectivity index (χ2v) is 8.62. The Bertz CT molecular complexity index is 1050. The van der Waals surface area contributed by atoms with Gasteiger partial charge in [0.05, 0.1) is 5.75 Å². The molecule has 0 saturated carbocycles. The number of Topliss-reactive ketones (excluding diaryl/α,β-unsaturated/α-hetero) is 1. The fraction of sp³-hybridized carbons (Fsp3) is 0.238. The summed E-state index contributed by atoms with van der Waals surface area (Å²) in [6.07, 6.45) is 1.18. The maximum Gasteiger partial charge on any atom is 0.251 e. The molecule has 8 heteroatoms. The standard InChI is InChI=1S/C21H22N2O5S/c1-29(27,28)14-17-4-2-3-16(11-17)6-5-15-7-9-18(10-8-15)21(26)23-19(12-22)20(25)13-24/h2-4,7-11,19,24H,12-14,22H2,1H3,(H,23,26)/t19-/m0/s1. The van der Waals surface area contributed by atoms with Crippen molar-refractivity contribution in [1.82, 2.24) is 5.32 Å². The minimum absolute atomic E-state index is 0.0467. The molecular weight excluding hydrogens is 392 g/mol. The smallest absolute Gasteiger partial charge is 0.251 e. The molecule has 0 saturated heterocycles. The van der Waals surface area contributed by atoms with Gasteiger partial charge in [0.1, 0.15) is 12.6 Å². The Hall–Kier alpha value is -2.99. The summed E-state index contributed by atoms with van der Waals surface area (Å²) in [6, 6.07) is 12.5. The van der Waals surface area contributed by atoms with Crippen LogP contribution in [-0.4, -0.2) is 50.7 Å². The predicted octanol–water partition coefficient (Wildman–Crippen LogP) is 0.250. The number of hydrogen-bond donors (Lipinski definition) is 3. The quantitative estimate of drug-likeness (QED) is 0.558. The molecule has 4 N–H and O–H groups in total. The van der Waals surface area contributed by atoms with Crippen LogP contribution in [0.15, 0.2) is 48.5 Å². The van der Waals surface area contributed by atoms with E-state index in [0.717, 1.165) is 0 Å². The fourth-order valence-corrected chi connectivity index (χ4v) is 3.30. The number of hydrogen-bond acceptors (Lipinski definition) is 6. The van der Waals surface area contributed by atoms with E-state index in [-0.39, 0.29) is 12.3 Å². The van der Waals surface area contributed by atoms with Crippen molar-refractivity contribution in [2.45, 2.75) is 11.8 Å². The van der Waals surface area contributed by atoms with Crippen LogP contribution < -0.4 is 11.1 Å². The number of carbonyl (C=O) groups excluding carboxylic acids is 2. The molecule has 29 heavy (non-hydrogen) atoms. The first-order chi connectivity index (χ1) is 13.7. The lowest BCUT2D eigenvalue weighted by Crippen LogP contribution is -2.46. The van der Waals surface area contributed by atoms with Crippen molar-refractivity contribution < 1.29 is 23.1 Å². The molecule has 0 bridgehead atoms. The van der Waals surface area contributed by atoms with Gasteiger partial charge in [0, 0.05) is 29.5 Å². The summed E-state index contributed by atoms with van der Waals surface area (Å²) in [7, 11) is -3.12. The normalized spacial score (nSPS) is 11.8. The highest BCUT2D eigenvalue weighted by molar-refractivity contribution is 7.89. The fourth-order valence-electron chi connectivity index (χ4n) is 2.51. The van der Waals surface area contributed by atoms with Gasteiger partial charge in [-0.1, -0.05) is 24.0 Å². The number of sulfone groups is 1. The summed E-state index contributed by atoms with van der Waals surface area (Å²) in [5.41, 5.74) is 7.78. The lowest BCUT2D eigenvalue weighted by molar-refractivity contribution is -0.123. The molecule has 0 spiro atoms. The van der Waals surface area contributed by atoms with E-state index in [9.17, 15) is 18.0 Å². The number of nitrogens with two attached hydrogens (primary N) is 1. The first-order valence-corrected chi connectivity index (χ1v) is 10.8. The van der Waals surface area contributed by atoms with Crippen molar-refractivity contribution >= 4 is 21.5 Å². The Morgan fingerprint density at radius 2 is 1.76 bits per heavy atom. The summed E-state index contributed by atoms with van der Waals surface area (Å²) in [5, 5.41) is 11.4. The van der Waals surface area contributed by atoms with Gasteiger partial charge in [0.15, 0.2) is 15.6 Å². The maximum absolute atomic E-state index is 12.2. The molecule has 2 aromatic carbocycles. The summed E-state index contributed by atoms with van der Waals surface area (Å²) >= 11 is 0. The summed E-state index contributed by atoms with van der Waals surface area (Å²) < 4.78 is 22.8. The van der Waals surface area contributed by atoms with E-state index < -0.39 is 34.2 Å². The highest BCUT2D eigenvalue weighted by Crippen LogP contribution is 2.09. The van der Waals surface area contributed by atoms with Crippen LogP contribution in [0.5, 0.6) is 0 Å². The van der Waals surface area contributed by atoms with E-state index in [1.165, 1.54) is 6.26 Å². The number of nitrogens with one attached hydrogen (secondary N) is 1. The van der Waals surface area contributed by atoms with Crippen molar-refractivity contribution in [2.75, 3.05) is 19.4 Å². The third-order valence-corrected chi connectivity index (χ3v) is 4.80. The topological polar surface area (TPSA) is 127 Å². The summed E-state index contributed by atoms with van der Waals surface area (Å²) in [6.45, 7) is -0.796. The molecule has 0 aliphatic carbocycles. The molecule has 1 amide bonds. The summed E-state index contributed by atoms with van der Waals surface area (Å²) in [4.78, 5) is 23.7. The number of aliphatic hydroxyl groups excluding tert-OH is 1. The third-order valence-electron chi connectivity index (χ3n) is 3.94. The van der Waals surface area contributed by atoms with Crippen molar-refractivity contribution in [3.63, 3.8) is 0 Å². The third kappa shape index (κ3) is 7.16. The SMILES string of the molecule is CS(=O)(=O)Cc1cccc(C#Cc2ccc(C(=O)N[C@@H](CN)C(=O)CO)cc2)c1. The Morgan fingerprint density at radius 1 is 1.10 bits per heavy atom. The molecule has 0 aliphatic rings. The largest absolute Gasteiger partial charge is 0.388 e. The van der Waals surface area contributed by atoms with Crippen LogP contribution in [0.4, 0.5) is 0 Å². The van der Waals surface area contributed by atoms with E-state index in [0.29, 0.717) is 22.3 Å². The van der Waals surface area contributed by atoms with E-state index in [4.69, 9.17) is 10.8 Å². The van der Waals surface area contributed by atoms with Gasteiger partial charge in [0.2, 0.25) is 0 Å². The van der Waals surface area contributed by atoms with Crippen molar-refractivity contribution in [1.29, 1.82) is 0 Å². The van der Waals surface area contributed by atoms with E-state index in [2.05, 4.69) is 17.2 Å². The van der Waals surface area contributed by atoms with Crippen LogP contribution in [-0.2, 0) is 20.4 Å². The zero-order chi connectivity index (χ0) is 21.4. The second-order valence-electron chi connectivity index (χ2n) is 6.48. The highest BCUT2D eigenvalue weighted by atomic mass is 32.2. The Morgan fingerprint density at radius 3 is 2.34 bits per heavy atom. The number of benzene rings is 2. The van der Waals surface area contributed by atoms with Crippen LogP contribution in [0.1, 0.15) is 27.0 Å². The van der Waals surface area contributed by atoms with Crippen molar-refractivity contribution in [2.24, 2.45) is 5.73 Å². The number of amides is 1. The molecule has 152 valence electrons. The molecule has 1 atom stereocenters. The molecule has 2 aromatic rings. The second kappa shape index (κ2) is 9.98. The van der Waals surface area contributed by atoms with Gasteiger partial charge in [-0.05, 0) is 42.0 Å². The minimum atomic E-state index is -3.12. The van der Waals surface area contributed by atoms with Crippen LogP contribution in [0.3, 0.4) is 0 Å². The van der Waals surface area contributed by atoms with Crippen molar-refractivity contribution in [3.05, 3.63) is 70.8 Å². The monoisotopic (exact) mass is 414 g/mol. The Kier molecular flexibility index (Phi) is 7.67. The van der Waals surface area contributed by atoms with Gasteiger partial charge < -0.3 is 16.2 Å². The minimum Gasteiger partial charge on any atom is -0.388 e. The zero-order valence-electron chi connectivity index (χ0n) is 15.9. The number of aliphatic hydroxyl groups is 1. The van der Waals surface area contributed by atoms with Gasteiger partial charge in [0.25, 0.3) is 5.91 Å². The van der Waals surface area contributed by atoms with E-state index in [1.807, 2.05) is 0 Å². The summed E-state index contributed by atoms with van der Waals surface area (Å²) in [5.74, 6) is 4.85. The van der Waals surface area contributed by atoms with Crippen LogP contribution >= 0.6 is 0 Å². The lowest BCUT2D eigenvalue weighted by Gasteiger charge is -2.14. The molecule has 0 fully saturated rings. The van der Waals surface area contributed by atoms with Gasteiger partial charge in [-0.25, -0.2) is 8.42 Å². The van der Waals surface area contributed by atoms with Gasteiger partial charge in [-0.3, -0.25) is 9.59 Å². The molecule has 2 rings (SSSR count).